The van der Waals surface area contributed by atoms with E-state index in [4.69, 9.17) is 5.11 Å². The molecule has 0 bridgehead atoms. The van der Waals surface area contributed by atoms with Crippen molar-refractivity contribution in [3.05, 3.63) is 28.1 Å². The molecule has 0 aliphatic heterocycles. The van der Waals surface area contributed by atoms with Gasteiger partial charge in [-0.15, -0.1) is 22.7 Å². The molecule has 2 aromatic rings. The van der Waals surface area contributed by atoms with Gasteiger partial charge in [0.2, 0.25) is 0 Å². The van der Waals surface area contributed by atoms with Crippen LogP contribution in [0.4, 0.5) is 5.13 Å². The summed E-state index contributed by atoms with van der Waals surface area (Å²) in [6, 6.07) is 2.91. The molecular formula is C12H14N2O4S3. The van der Waals surface area contributed by atoms with Crippen LogP contribution in [0.1, 0.15) is 30.3 Å². The van der Waals surface area contributed by atoms with Crippen molar-refractivity contribution in [3.63, 3.8) is 0 Å². The van der Waals surface area contributed by atoms with Gasteiger partial charge in [-0.3, -0.25) is 9.52 Å². The van der Waals surface area contributed by atoms with Gasteiger partial charge in [0.25, 0.3) is 10.0 Å². The molecule has 0 unspecified atom stereocenters. The molecule has 2 N–H and O–H groups in total. The van der Waals surface area contributed by atoms with Crippen LogP contribution in [0.15, 0.2) is 21.7 Å². The number of aliphatic carboxylic acids is 1. The summed E-state index contributed by atoms with van der Waals surface area (Å²) in [6.45, 7) is 3.95. The number of aromatic nitrogens is 1. The van der Waals surface area contributed by atoms with Crippen molar-refractivity contribution in [1.82, 2.24) is 4.98 Å². The number of thiophene rings is 1. The Morgan fingerprint density at radius 1 is 1.43 bits per heavy atom. The SMILES string of the molecule is CC(C)c1csc(NS(=O)(=O)c2ccc(CC(=O)O)s2)n1. The zero-order chi connectivity index (χ0) is 15.6. The number of thiazole rings is 1. The number of carboxylic acids is 1. The smallest absolute Gasteiger partial charge is 0.308 e. The lowest BCUT2D eigenvalue weighted by atomic mass is 10.2. The number of nitrogens with one attached hydrogen (secondary N) is 1. The molecule has 0 atom stereocenters. The molecular weight excluding hydrogens is 332 g/mol. The van der Waals surface area contributed by atoms with Crippen LogP contribution in [0, 0.1) is 0 Å². The van der Waals surface area contributed by atoms with Gasteiger partial charge in [0.1, 0.15) is 4.21 Å². The molecule has 6 nitrogen and oxygen atoms in total. The van der Waals surface area contributed by atoms with E-state index in [1.165, 1.54) is 23.5 Å². The van der Waals surface area contributed by atoms with Crippen molar-refractivity contribution in [1.29, 1.82) is 0 Å². The Kier molecular flexibility index (Phi) is 4.64. The van der Waals surface area contributed by atoms with E-state index < -0.39 is 16.0 Å². The maximum absolute atomic E-state index is 12.2. The molecule has 21 heavy (non-hydrogen) atoms. The fraction of sp³-hybridized carbons (Fsp3) is 0.333. The van der Waals surface area contributed by atoms with E-state index >= 15 is 0 Å². The van der Waals surface area contributed by atoms with Gasteiger partial charge < -0.3 is 5.11 Å². The van der Waals surface area contributed by atoms with E-state index in [0.29, 0.717) is 10.0 Å². The van der Waals surface area contributed by atoms with E-state index in [2.05, 4.69) is 9.71 Å². The zero-order valence-corrected chi connectivity index (χ0v) is 13.8. The first kappa shape index (κ1) is 15.9. The van der Waals surface area contributed by atoms with Crippen LogP contribution in [-0.2, 0) is 21.2 Å². The summed E-state index contributed by atoms with van der Waals surface area (Å²) in [5.74, 6) is -0.765. The maximum Gasteiger partial charge on any atom is 0.308 e. The molecule has 114 valence electrons. The molecule has 0 fully saturated rings. The topological polar surface area (TPSA) is 96.4 Å². The number of anilines is 1. The van der Waals surface area contributed by atoms with Gasteiger partial charge in [-0.05, 0) is 18.1 Å². The van der Waals surface area contributed by atoms with Gasteiger partial charge in [0.15, 0.2) is 5.13 Å². The molecule has 0 aromatic carbocycles. The van der Waals surface area contributed by atoms with Crippen molar-refractivity contribution < 1.29 is 18.3 Å². The summed E-state index contributed by atoms with van der Waals surface area (Å²) in [6.07, 6.45) is -0.186. The fourth-order valence-electron chi connectivity index (χ4n) is 1.51. The molecule has 0 aliphatic carbocycles. The summed E-state index contributed by atoms with van der Waals surface area (Å²) < 4.78 is 26.9. The lowest BCUT2D eigenvalue weighted by Crippen LogP contribution is -2.11. The second-order valence-corrected chi connectivity index (χ2v) is 8.56. The summed E-state index contributed by atoms with van der Waals surface area (Å²) in [5, 5.41) is 10.8. The highest BCUT2D eigenvalue weighted by Gasteiger charge is 2.19. The average molecular weight is 346 g/mol. The molecule has 2 heterocycles. The Morgan fingerprint density at radius 2 is 2.14 bits per heavy atom. The molecule has 0 spiro atoms. The van der Waals surface area contributed by atoms with Gasteiger partial charge >= 0.3 is 5.97 Å². The van der Waals surface area contributed by atoms with Crippen LogP contribution in [0.3, 0.4) is 0 Å². The number of carboxylic acid groups (broad SMARTS) is 1. The van der Waals surface area contributed by atoms with Gasteiger partial charge in [0.05, 0.1) is 12.1 Å². The third kappa shape index (κ3) is 4.02. The lowest BCUT2D eigenvalue weighted by Gasteiger charge is -2.02. The summed E-state index contributed by atoms with van der Waals surface area (Å²) in [4.78, 5) is 15.3. The quantitative estimate of drug-likeness (QED) is 0.838. The highest BCUT2D eigenvalue weighted by molar-refractivity contribution is 7.94. The summed E-state index contributed by atoms with van der Waals surface area (Å²) in [5.41, 5.74) is 0.829. The van der Waals surface area contributed by atoms with Crippen LogP contribution in [-0.4, -0.2) is 24.5 Å². The zero-order valence-electron chi connectivity index (χ0n) is 11.4. The van der Waals surface area contributed by atoms with Crippen molar-refractivity contribution in [2.45, 2.75) is 30.4 Å². The minimum absolute atomic E-state index is 0.0834. The first-order chi connectivity index (χ1) is 9.78. The summed E-state index contributed by atoms with van der Waals surface area (Å²) >= 11 is 2.17. The number of hydrogen-bond donors (Lipinski definition) is 2. The number of carbonyl (C=O) groups is 1. The molecule has 9 heteroatoms. The third-order valence-corrected chi connectivity index (χ3v) is 6.38. The summed E-state index contributed by atoms with van der Waals surface area (Å²) in [7, 11) is -3.72. The number of rotatable bonds is 6. The second-order valence-electron chi connectivity index (χ2n) is 4.63. The number of nitrogens with zero attached hydrogens (tertiary/aromatic N) is 1. The lowest BCUT2D eigenvalue weighted by molar-refractivity contribution is -0.136. The van der Waals surface area contributed by atoms with E-state index in [1.807, 2.05) is 19.2 Å². The van der Waals surface area contributed by atoms with Crippen molar-refractivity contribution in [2.75, 3.05) is 4.72 Å². The predicted octanol–water partition coefficient (Wildman–Crippen LogP) is 2.76. The number of sulfonamides is 1. The molecule has 0 saturated heterocycles. The van der Waals surface area contributed by atoms with Crippen molar-refractivity contribution in [2.24, 2.45) is 0 Å². The van der Waals surface area contributed by atoms with Crippen LogP contribution in [0.5, 0.6) is 0 Å². The molecule has 2 rings (SSSR count). The van der Waals surface area contributed by atoms with Gasteiger partial charge in [-0.25, -0.2) is 13.4 Å². The van der Waals surface area contributed by atoms with Gasteiger partial charge in [-0.2, -0.15) is 0 Å². The van der Waals surface area contributed by atoms with Gasteiger partial charge in [0, 0.05) is 10.3 Å². The minimum atomic E-state index is -3.72. The van der Waals surface area contributed by atoms with Crippen LogP contribution in [0.25, 0.3) is 0 Å². The van der Waals surface area contributed by atoms with E-state index in [9.17, 15) is 13.2 Å². The van der Waals surface area contributed by atoms with Crippen LogP contribution >= 0.6 is 22.7 Å². The fourth-order valence-corrected chi connectivity index (χ4v) is 4.98. The van der Waals surface area contributed by atoms with Crippen LogP contribution < -0.4 is 4.72 Å². The number of hydrogen-bond acceptors (Lipinski definition) is 6. The normalized spacial score (nSPS) is 11.8. The maximum atomic E-state index is 12.2. The van der Waals surface area contributed by atoms with Crippen molar-refractivity contribution >= 4 is 43.8 Å². The monoisotopic (exact) mass is 346 g/mol. The first-order valence-electron chi connectivity index (χ1n) is 6.06. The largest absolute Gasteiger partial charge is 0.481 e. The highest BCUT2D eigenvalue weighted by atomic mass is 32.2. The Morgan fingerprint density at radius 3 is 2.71 bits per heavy atom. The highest BCUT2D eigenvalue weighted by Crippen LogP contribution is 2.27. The van der Waals surface area contributed by atoms with E-state index in [0.717, 1.165) is 17.0 Å². The van der Waals surface area contributed by atoms with E-state index in [-0.39, 0.29) is 16.5 Å². The van der Waals surface area contributed by atoms with Crippen LogP contribution in [0.2, 0.25) is 0 Å². The minimum Gasteiger partial charge on any atom is -0.481 e. The first-order valence-corrected chi connectivity index (χ1v) is 9.24. The third-order valence-electron chi connectivity index (χ3n) is 2.56. The molecule has 0 radical (unpaired) electrons. The second kappa shape index (κ2) is 6.12. The Bertz CT molecular complexity index is 746. The Hall–Kier alpha value is -1.45. The Labute approximate surface area is 130 Å². The van der Waals surface area contributed by atoms with Gasteiger partial charge in [-0.1, -0.05) is 13.8 Å². The standard InChI is InChI=1S/C12H14N2O4S3/c1-7(2)9-6-19-12(13-9)14-21(17,18)11-4-3-8(20-11)5-10(15)16/h3-4,6-7H,5H2,1-2H3,(H,13,14)(H,15,16). The Balaban J connectivity index is 2.17. The van der Waals surface area contributed by atoms with Crippen molar-refractivity contribution in [3.8, 4) is 0 Å². The molecule has 0 amide bonds. The molecule has 2 aromatic heterocycles. The van der Waals surface area contributed by atoms with E-state index in [1.54, 1.807) is 0 Å². The molecule has 0 saturated carbocycles. The molecule has 0 aliphatic rings. The predicted molar refractivity (Wildman–Crippen MR) is 82.7 cm³/mol. The average Bonchev–Trinajstić information content (AvgIpc) is 2.97.